The third-order valence-electron chi connectivity index (χ3n) is 4.19. The third kappa shape index (κ3) is 1.99. The number of H-pyrrole nitrogens is 1. The van der Waals surface area contributed by atoms with E-state index in [4.69, 9.17) is 5.10 Å². The first-order chi connectivity index (χ1) is 11.9. The molecule has 0 unspecified atom stereocenters. The first-order valence-electron chi connectivity index (χ1n) is 7.71. The molecular formula is C19H13N5. The van der Waals surface area contributed by atoms with E-state index in [-0.39, 0.29) is 0 Å². The maximum Gasteiger partial charge on any atom is 0.154 e. The van der Waals surface area contributed by atoms with E-state index in [1.54, 1.807) is 12.4 Å². The fraction of sp³-hybridized carbons (Fsp3) is 0. The van der Waals surface area contributed by atoms with Gasteiger partial charge in [-0.1, -0.05) is 6.07 Å². The first kappa shape index (κ1) is 13.0. The number of pyridine rings is 1. The fourth-order valence-corrected chi connectivity index (χ4v) is 2.96. The van der Waals surface area contributed by atoms with Crippen LogP contribution in [0.3, 0.4) is 0 Å². The monoisotopic (exact) mass is 311 g/mol. The molecular weight excluding hydrogens is 298 g/mol. The number of benzene rings is 1. The number of hydrogen-bond donors (Lipinski definition) is 1. The Morgan fingerprint density at radius 3 is 2.71 bits per heavy atom. The highest BCUT2D eigenvalue weighted by atomic mass is 15.3. The van der Waals surface area contributed by atoms with Crippen molar-refractivity contribution in [1.82, 2.24) is 24.6 Å². The Morgan fingerprint density at radius 2 is 1.79 bits per heavy atom. The van der Waals surface area contributed by atoms with E-state index in [9.17, 15) is 0 Å². The predicted octanol–water partition coefficient (Wildman–Crippen LogP) is 3.94. The van der Waals surface area contributed by atoms with Crippen molar-refractivity contribution in [3.8, 4) is 22.5 Å². The molecule has 0 saturated carbocycles. The lowest BCUT2D eigenvalue weighted by molar-refractivity contribution is 0.949. The molecule has 4 aromatic heterocycles. The Hall–Kier alpha value is -3.47. The Balaban J connectivity index is 1.71. The maximum absolute atomic E-state index is 4.77. The fourth-order valence-electron chi connectivity index (χ4n) is 2.96. The Kier molecular flexibility index (Phi) is 2.72. The number of hydrogen-bond acceptors (Lipinski definition) is 3. The van der Waals surface area contributed by atoms with Gasteiger partial charge in [0, 0.05) is 40.6 Å². The van der Waals surface area contributed by atoms with Crippen LogP contribution in [-0.2, 0) is 0 Å². The molecule has 0 saturated heterocycles. The van der Waals surface area contributed by atoms with Crippen molar-refractivity contribution in [2.45, 2.75) is 0 Å². The van der Waals surface area contributed by atoms with Crippen molar-refractivity contribution in [1.29, 1.82) is 0 Å². The van der Waals surface area contributed by atoms with E-state index in [1.165, 1.54) is 5.39 Å². The second kappa shape index (κ2) is 5.03. The van der Waals surface area contributed by atoms with Crippen LogP contribution in [0, 0.1) is 0 Å². The summed E-state index contributed by atoms with van der Waals surface area (Å²) < 4.78 is 1.89. The lowest BCUT2D eigenvalue weighted by Crippen LogP contribution is -1.96. The molecule has 0 atom stereocenters. The smallest absolute Gasteiger partial charge is 0.154 e. The summed E-state index contributed by atoms with van der Waals surface area (Å²) in [7, 11) is 0. The Labute approximate surface area is 137 Å². The molecule has 0 spiro atoms. The van der Waals surface area contributed by atoms with Crippen molar-refractivity contribution in [3.63, 3.8) is 0 Å². The van der Waals surface area contributed by atoms with Crippen molar-refractivity contribution in [3.05, 3.63) is 73.3 Å². The van der Waals surface area contributed by atoms with Gasteiger partial charge >= 0.3 is 0 Å². The van der Waals surface area contributed by atoms with Gasteiger partial charge in [-0.2, -0.15) is 5.10 Å². The van der Waals surface area contributed by atoms with E-state index in [1.807, 2.05) is 41.2 Å². The highest BCUT2D eigenvalue weighted by molar-refractivity contribution is 5.84. The zero-order chi connectivity index (χ0) is 15.9. The van der Waals surface area contributed by atoms with Crippen LogP contribution in [0.15, 0.2) is 73.3 Å². The van der Waals surface area contributed by atoms with Crippen LogP contribution < -0.4 is 0 Å². The molecule has 114 valence electrons. The average molecular weight is 311 g/mol. The van der Waals surface area contributed by atoms with Crippen molar-refractivity contribution in [2.75, 3.05) is 0 Å². The minimum absolute atomic E-state index is 0.831. The Bertz CT molecular complexity index is 1150. The second-order valence-corrected chi connectivity index (χ2v) is 5.65. The summed E-state index contributed by atoms with van der Waals surface area (Å²) in [4.78, 5) is 11.8. The number of nitrogens with one attached hydrogen (secondary N) is 1. The van der Waals surface area contributed by atoms with Crippen LogP contribution in [-0.4, -0.2) is 24.6 Å². The van der Waals surface area contributed by atoms with Gasteiger partial charge in [-0.25, -0.2) is 9.50 Å². The standard InChI is InChI=1S/C19H13N5/c1-2-16-14(7-10-21-16)11-15(1)18-12-22-19-4-3-17(23-24(18)19)13-5-8-20-9-6-13/h1-12,21H. The highest BCUT2D eigenvalue weighted by Gasteiger charge is 2.09. The van der Waals surface area contributed by atoms with Gasteiger partial charge in [0.05, 0.1) is 17.6 Å². The zero-order valence-corrected chi connectivity index (χ0v) is 12.7. The number of imidazole rings is 1. The van der Waals surface area contributed by atoms with Crippen LogP contribution in [0.4, 0.5) is 0 Å². The quantitative estimate of drug-likeness (QED) is 0.537. The topological polar surface area (TPSA) is 58.9 Å². The minimum Gasteiger partial charge on any atom is -0.361 e. The molecule has 0 aliphatic rings. The van der Waals surface area contributed by atoms with E-state index in [0.717, 1.165) is 33.7 Å². The number of aromatic nitrogens is 5. The molecule has 5 rings (SSSR count). The van der Waals surface area contributed by atoms with E-state index < -0.39 is 0 Å². The van der Waals surface area contributed by atoms with Gasteiger partial charge in [-0.3, -0.25) is 4.98 Å². The summed E-state index contributed by atoms with van der Waals surface area (Å²) >= 11 is 0. The van der Waals surface area contributed by atoms with E-state index in [0.29, 0.717) is 0 Å². The highest BCUT2D eigenvalue weighted by Crippen LogP contribution is 2.25. The summed E-state index contributed by atoms with van der Waals surface area (Å²) in [6.07, 6.45) is 7.36. The number of rotatable bonds is 2. The van der Waals surface area contributed by atoms with Gasteiger partial charge in [0.2, 0.25) is 0 Å². The molecule has 5 nitrogen and oxygen atoms in total. The first-order valence-corrected chi connectivity index (χ1v) is 7.71. The van der Waals surface area contributed by atoms with E-state index >= 15 is 0 Å². The summed E-state index contributed by atoms with van der Waals surface area (Å²) in [6, 6.07) is 16.3. The van der Waals surface area contributed by atoms with Crippen LogP contribution in [0.1, 0.15) is 0 Å². The van der Waals surface area contributed by atoms with Gasteiger partial charge in [-0.05, 0) is 42.5 Å². The van der Waals surface area contributed by atoms with Gasteiger partial charge < -0.3 is 4.98 Å². The number of aromatic amines is 1. The molecule has 0 amide bonds. The SMILES string of the molecule is c1cc(-c2ccc3ncc(-c4ccc5[nH]ccc5c4)n3n2)ccn1. The van der Waals surface area contributed by atoms with Gasteiger partial charge in [0.15, 0.2) is 5.65 Å². The molecule has 24 heavy (non-hydrogen) atoms. The number of fused-ring (bicyclic) bond motifs is 2. The molecule has 0 aliphatic heterocycles. The zero-order valence-electron chi connectivity index (χ0n) is 12.7. The van der Waals surface area contributed by atoms with Crippen LogP contribution in [0.5, 0.6) is 0 Å². The van der Waals surface area contributed by atoms with Gasteiger partial charge in [0.25, 0.3) is 0 Å². The molecule has 1 N–H and O–H groups in total. The number of nitrogens with zero attached hydrogens (tertiary/aromatic N) is 4. The largest absolute Gasteiger partial charge is 0.361 e. The van der Waals surface area contributed by atoms with Gasteiger partial charge in [-0.15, -0.1) is 0 Å². The molecule has 0 radical (unpaired) electrons. The summed E-state index contributed by atoms with van der Waals surface area (Å²) in [6.45, 7) is 0. The van der Waals surface area contributed by atoms with Gasteiger partial charge in [0.1, 0.15) is 0 Å². The summed E-state index contributed by atoms with van der Waals surface area (Å²) in [5.74, 6) is 0. The van der Waals surface area contributed by atoms with Crippen LogP contribution >= 0.6 is 0 Å². The van der Waals surface area contributed by atoms with Crippen molar-refractivity contribution < 1.29 is 0 Å². The van der Waals surface area contributed by atoms with Crippen molar-refractivity contribution in [2.24, 2.45) is 0 Å². The second-order valence-electron chi connectivity index (χ2n) is 5.65. The summed E-state index contributed by atoms with van der Waals surface area (Å²) in [5.41, 5.74) is 5.95. The van der Waals surface area contributed by atoms with E-state index in [2.05, 4.69) is 39.2 Å². The molecule has 1 aromatic carbocycles. The molecule has 5 heteroatoms. The normalized spacial score (nSPS) is 11.3. The third-order valence-corrected chi connectivity index (χ3v) is 4.19. The van der Waals surface area contributed by atoms with Crippen LogP contribution in [0.25, 0.3) is 39.1 Å². The lowest BCUT2D eigenvalue weighted by Gasteiger charge is -2.05. The average Bonchev–Trinajstić information content (AvgIpc) is 3.27. The molecule has 5 aromatic rings. The molecule has 0 aliphatic carbocycles. The predicted molar refractivity (Wildman–Crippen MR) is 93.5 cm³/mol. The molecule has 0 fully saturated rings. The van der Waals surface area contributed by atoms with Crippen LogP contribution in [0.2, 0.25) is 0 Å². The Morgan fingerprint density at radius 1 is 0.875 bits per heavy atom. The van der Waals surface area contributed by atoms with Crippen molar-refractivity contribution >= 4 is 16.6 Å². The summed E-state index contributed by atoms with van der Waals surface area (Å²) in [5, 5.41) is 5.94. The molecule has 4 heterocycles. The molecule has 0 bridgehead atoms. The maximum atomic E-state index is 4.77. The minimum atomic E-state index is 0.831. The lowest BCUT2D eigenvalue weighted by atomic mass is 10.1.